The molecular formula is C11H11F3N2O2. The van der Waals surface area contributed by atoms with Gasteiger partial charge < -0.3 is 10.0 Å². The number of rotatable bonds is 2. The van der Waals surface area contributed by atoms with Gasteiger partial charge in [-0.2, -0.15) is 13.2 Å². The van der Waals surface area contributed by atoms with Crippen molar-refractivity contribution in [1.82, 2.24) is 4.98 Å². The maximum absolute atomic E-state index is 12.5. The molecule has 1 aromatic heterocycles. The summed E-state index contributed by atoms with van der Waals surface area (Å²) in [7, 11) is 0. The summed E-state index contributed by atoms with van der Waals surface area (Å²) in [6.45, 7) is 0.408. The van der Waals surface area contributed by atoms with E-state index >= 15 is 0 Å². The quantitative estimate of drug-likeness (QED) is 0.885. The van der Waals surface area contributed by atoms with Crippen molar-refractivity contribution in [3.63, 3.8) is 0 Å². The summed E-state index contributed by atoms with van der Waals surface area (Å²) in [5.74, 6) is -0.971. The van der Waals surface area contributed by atoms with Gasteiger partial charge in [0, 0.05) is 12.7 Å². The Morgan fingerprint density at radius 3 is 2.83 bits per heavy atom. The normalized spacial score (nSPS) is 20.2. The summed E-state index contributed by atoms with van der Waals surface area (Å²) >= 11 is 0. The van der Waals surface area contributed by atoms with Gasteiger partial charge in [0.2, 0.25) is 0 Å². The zero-order chi connectivity index (χ0) is 13.3. The van der Waals surface area contributed by atoms with Gasteiger partial charge in [-0.25, -0.2) is 9.78 Å². The van der Waals surface area contributed by atoms with Gasteiger partial charge in [-0.1, -0.05) is 0 Å². The smallest absolute Gasteiger partial charge is 0.416 e. The van der Waals surface area contributed by atoms with E-state index < -0.39 is 23.8 Å². The number of pyridine rings is 1. The van der Waals surface area contributed by atoms with Gasteiger partial charge in [0.05, 0.1) is 5.56 Å². The second kappa shape index (κ2) is 4.47. The van der Waals surface area contributed by atoms with Crippen LogP contribution in [0.1, 0.15) is 18.4 Å². The Balaban J connectivity index is 2.31. The maximum atomic E-state index is 12.5. The SMILES string of the molecule is O=C(O)[C@@H]1CCCN1c1cc(C(F)(F)F)ccn1. The molecule has 0 aliphatic carbocycles. The Bertz CT molecular complexity index is 462. The molecule has 18 heavy (non-hydrogen) atoms. The van der Waals surface area contributed by atoms with E-state index in [4.69, 9.17) is 5.11 Å². The molecule has 1 aliphatic rings. The lowest BCUT2D eigenvalue weighted by Gasteiger charge is -2.23. The molecule has 0 radical (unpaired) electrons. The number of anilines is 1. The van der Waals surface area contributed by atoms with Gasteiger partial charge in [-0.3, -0.25) is 0 Å². The monoisotopic (exact) mass is 260 g/mol. The predicted molar refractivity (Wildman–Crippen MR) is 57.2 cm³/mol. The van der Waals surface area contributed by atoms with Crippen LogP contribution in [0.4, 0.5) is 19.0 Å². The Labute approximate surface area is 101 Å². The lowest BCUT2D eigenvalue weighted by atomic mass is 10.2. The van der Waals surface area contributed by atoms with Crippen LogP contribution in [0.2, 0.25) is 0 Å². The second-order valence-corrected chi connectivity index (χ2v) is 4.09. The molecule has 0 saturated carbocycles. The summed E-state index contributed by atoms with van der Waals surface area (Å²) in [6.07, 6.45) is -2.34. The minimum absolute atomic E-state index is 0.0646. The van der Waals surface area contributed by atoms with Crippen LogP contribution in [0.5, 0.6) is 0 Å². The van der Waals surface area contributed by atoms with E-state index in [9.17, 15) is 18.0 Å². The highest BCUT2D eigenvalue weighted by Crippen LogP contribution is 2.32. The van der Waals surface area contributed by atoms with Crippen molar-refractivity contribution in [3.05, 3.63) is 23.9 Å². The highest BCUT2D eigenvalue weighted by atomic mass is 19.4. The number of carbonyl (C=O) groups is 1. The van der Waals surface area contributed by atoms with Crippen molar-refractivity contribution in [3.8, 4) is 0 Å². The highest BCUT2D eigenvalue weighted by molar-refractivity contribution is 5.78. The summed E-state index contributed by atoms with van der Waals surface area (Å²) < 4.78 is 37.6. The van der Waals surface area contributed by atoms with Gasteiger partial charge in [0.25, 0.3) is 0 Å². The van der Waals surface area contributed by atoms with Crippen LogP contribution in [0.3, 0.4) is 0 Å². The van der Waals surface area contributed by atoms with Crippen LogP contribution in [-0.2, 0) is 11.0 Å². The van der Waals surface area contributed by atoms with E-state index in [2.05, 4.69) is 4.98 Å². The summed E-state index contributed by atoms with van der Waals surface area (Å²) in [5, 5.41) is 8.98. The molecule has 0 amide bonds. The fraction of sp³-hybridized carbons (Fsp3) is 0.455. The molecule has 7 heteroatoms. The molecule has 0 spiro atoms. The van der Waals surface area contributed by atoms with Crippen molar-refractivity contribution < 1.29 is 23.1 Å². The molecular weight excluding hydrogens is 249 g/mol. The standard InChI is InChI=1S/C11H11F3N2O2/c12-11(13,14)7-3-4-15-9(6-7)16-5-1-2-8(16)10(17)18/h3-4,6,8H,1-2,5H2,(H,17,18)/t8-/m0/s1. The topological polar surface area (TPSA) is 53.4 Å². The molecule has 98 valence electrons. The van der Waals surface area contributed by atoms with Crippen molar-refractivity contribution in [2.45, 2.75) is 25.1 Å². The summed E-state index contributed by atoms with van der Waals surface area (Å²) in [6, 6.07) is 0.970. The third kappa shape index (κ3) is 2.39. The molecule has 1 atom stereocenters. The predicted octanol–water partition coefficient (Wildman–Crippen LogP) is 2.15. The van der Waals surface area contributed by atoms with E-state index in [1.54, 1.807) is 0 Å². The molecule has 1 saturated heterocycles. The minimum Gasteiger partial charge on any atom is -0.480 e. The number of alkyl halides is 3. The first-order chi connectivity index (χ1) is 8.39. The van der Waals surface area contributed by atoms with Crippen molar-refractivity contribution >= 4 is 11.8 Å². The lowest BCUT2D eigenvalue weighted by Crippen LogP contribution is -2.36. The van der Waals surface area contributed by atoms with E-state index in [0.29, 0.717) is 19.4 Å². The average molecular weight is 260 g/mol. The third-order valence-corrected chi connectivity index (χ3v) is 2.90. The maximum Gasteiger partial charge on any atom is 0.416 e. The molecule has 1 aliphatic heterocycles. The van der Waals surface area contributed by atoms with Gasteiger partial charge in [0.1, 0.15) is 11.9 Å². The first-order valence-electron chi connectivity index (χ1n) is 5.42. The zero-order valence-corrected chi connectivity index (χ0v) is 9.31. The van der Waals surface area contributed by atoms with Crippen LogP contribution >= 0.6 is 0 Å². The van der Waals surface area contributed by atoms with Crippen molar-refractivity contribution in [2.24, 2.45) is 0 Å². The number of aliphatic carboxylic acids is 1. The second-order valence-electron chi connectivity index (χ2n) is 4.09. The summed E-state index contributed by atoms with van der Waals surface area (Å²) in [4.78, 5) is 16.2. The van der Waals surface area contributed by atoms with Crippen molar-refractivity contribution in [1.29, 1.82) is 0 Å². The van der Waals surface area contributed by atoms with Gasteiger partial charge in [-0.05, 0) is 25.0 Å². The van der Waals surface area contributed by atoms with Crippen LogP contribution in [0.15, 0.2) is 18.3 Å². The highest BCUT2D eigenvalue weighted by Gasteiger charge is 2.34. The molecule has 1 fully saturated rings. The largest absolute Gasteiger partial charge is 0.480 e. The Kier molecular flexibility index (Phi) is 3.14. The molecule has 2 rings (SSSR count). The van der Waals surface area contributed by atoms with Crippen LogP contribution in [0, 0.1) is 0 Å². The Morgan fingerprint density at radius 1 is 1.50 bits per heavy atom. The first kappa shape index (κ1) is 12.7. The molecule has 0 unspecified atom stereocenters. The Hall–Kier alpha value is -1.79. The Morgan fingerprint density at radius 2 is 2.22 bits per heavy atom. The van der Waals surface area contributed by atoms with Gasteiger partial charge in [0.15, 0.2) is 0 Å². The van der Waals surface area contributed by atoms with Crippen LogP contribution in [-0.4, -0.2) is 28.6 Å². The number of halogens is 3. The zero-order valence-electron chi connectivity index (χ0n) is 9.31. The molecule has 0 aromatic carbocycles. The van der Waals surface area contributed by atoms with Gasteiger partial charge in [-0.15, -0.1) is 0 Å². The van der Waals surface area contributed by atoms with E-state index in [1.165, 1.54) is 4.90 Å². The van der Waals surface area contributed by atoms with Crippen LogP contribution in [0.25, 0.3) is 0 Å². The number of nitrogens with zero attached hydrogens (tertiary/aromatic N) is 2. The molecule has 2 heterocycles. The minimum atomic E-state index is -4.45. The first-order valence-corrected chi connectivity index (χ1v) is 5.42. The average Bonchev–Trinajstić information content (AvgIpc) is 2.77. The number of aromatic nitrogens is 1. The van der Waals surface area contributed by atoms with Crippen LogP contribution < -0.4 is 4.90 Å². The number of carboxylic acid groups (broad SMARTS) is 1. The number of hydrogen-bond donors (Lipinski definition) is 1. The third-order valence-electron chi connectivity index (χ3n) is 2.90. The molecule has 4 nitrogen and oxygen atoms in total. The lowest BCUT2D eigenvalue weighted by molar-refractivity contribution is -0.138. The fourth-order valence-electron chi connectivity index (χ4n) is 2.05. The van der Waals surface area contributed by atoms with Crippen molar-refractivity contribution in [2.75, 3.05) is 11.4 Å². The van der Waals surface area contributed by atoms with E-state index in [0.717, 1.165) is 18.3 Å². The van der Waals surface area contributed by atoms with Gasteiger partial charge >= 0.3 is 12.1 Å². The summed E-state index contributed by atoms with van der Waals surface area (Å²) in [5.41, 5.74) is -0.816. The fourth-order valence-corrected chi connectivity index (χ4v) is 2.05. The molecule has 1 aromatic rings. The number of carboxylic acids is 1. The number of hydrogen-bond acceptors (Lipinski definition) is 3. The van der Waals surface area contributed by atoms with E-state index in [-0.39, 0.29) is 5.82 Å². The molecule has 0 bridgehead atoms. The molecule has 1 N–H and O–H groups in total. The van der Waals surface area contributed by atoms with E-state index in [1.807, 2.05) is 0 Å².